The number of nitrogens with zero attached hydrogens (tertiary/aromatic N) is 3. The highest BCUT2D eigenvalue weighted by Crippen LogP contribution is 2.26. The van der Waals surface area contributed by atoms with Gasteiger partial charge in [-0.25, -0.2) is 4.79 Å². The Morgan fingerprint density at radius 2 is 2.33 bits per heavy atom. The van der Waals surface area contributed by atoms with Crippen LogP contribution in [0.4, 0.5) is 4.79 Å². The van der Waals surface area contributed by atoms with Crippen molar-refractivity contribution in [3.8, 4) is 0 Å². The molecule has 0 aliphatic carbocycles. The van der Waals surface area contributed by atoms with Gasteiger partial charge in [0.05, 0.1) is 9.24 Å². The minimum Gasteiger partial charge on any atom is -0.444 e. The summed E-state index contributed by atoms with van der Waals surface area (Å²) in [6.07, 6.45) is -4.54. The molecule has 0 saturated heterocycles. The van der Waals surface area contributed by atoms with Gasteiger partial charge in [0, 0.05) is 40.7 Å². The van der Waals surface area contributed by atoms with Crippen LogP contribution in [0.2, 0.25) is 0 Å². The van der Waals surface area contributed by atoms with Crippen LogP contribution in [-0.4, -0.2) is 32.9 Å². The monoisotopic (exact) mass is 324 g/mol. The molecule has 100 valence electrons. The van der Waals surface area contributed by atoms with Crippen molar-refractivity contribution in [1.29, 1.82) is 0 Å². The number of carbonyl (C=O) groups excluding carboxylic acids is 1. The fourth-order valence-corrected chi connectivity index (χ4v) is 1.69. The van der Waals surface area contributed by atoms with Crippen LogP contribution < -0.4 is 0 Å². The third kappa shape index (κ3) is 2.68. The van der Waals surface area contributed by atoms with E-state index in [1.54, 1.807) is 0 Å². The maximum atomic E-state index is 12.6. The summed E-state index contributed by atoms with van der Waals surface area (Å²) in [4.78, 5) is 12.6. The van der Waals surface area contributed by atoms with Crippen LogP contribution >= 0.6 is 15.9 Å². The van der Waals surface area contributed by atoms with E-state index in [-0.39, 0.29) is 14.2 Å². The first-order chi connectivity index (χ1) is 11.8. The second-order valence-corrected chi connectivity index (χ2v) is 5.34. The largest absolute Gasteiger partial charge is 0.444 e. The number of ether oxygens (including phenoxy) is 1. The van der Waals surface area contributed by atoms with Crippen LogP contribution in [0.5, 0.6) is 0 Å². The lowest BCUT2D eigenvalue weighted by molar-refractivity contribution is 0.0222. The van der Waals surface area contributed by atoms with E-state index >= 15 is 0 Å². The summed E-state index contributed by atoms with van der Waals surface area (Å²) in [5.41, 5.74) is -2.51. The van der Waals surface area contributed by atoms with E-state index in [4.69, 9.17) is 17.1 Å². The number of amides is 1. The summed E-state index contributed by atoms with van der Waals surface area (Å²) in [6.45, 7) is -4.76. The van der Waals surface area contributed by atoms with Gasteiger partial charge < -0.3 is 9.64 Å². The van der Waals surface area contributed by atoms with Crippen molar-refractivity contribution >= 4 is 22.0 Å². The van der Waals surface area contributed by atoms with Gasteiger partial charge in [-0.3, -0.25) is 4.68 Å². The van der Waals surface area contributed by atoms with Gasteiger partial charge in [0.25, 0.3) is 0 Å². The molecule has 1 aromatic rings. The fraction of sp³-hybridized carbons (Fsp3) is 0.667. The normalized spacial score (nSPS) is 32.0. The van der Waals surface area contributed by atoms with Crippen molar-refractivity contribution in [1.82, 2.24) is 14.7 Å². The van der Waals surface area contributed by atoms with Gasteiger partial charge in [0.2, 0.25) is 0 Å². The molecule has 0 atom stereocenters. The Labute approximate surface area is 128 Å². The van der Waals surface area contributed by atoms with Gasteiger partial charge >= 0.3 is 6.09 Å². The zero-order chi connectivity index (χ0) is 21.4. The van der Waals surface area contributed by atoms with Gasteiger partial charge in [-0.15, -0.1) is 0 Å². The number of hydrogen-bond acceptors (Lipinski definition) is 3. The highest BCUT2D eigenvalue weighted by Gasteiger charge is 2.28. The molecule has 18 heavy (non-hydrogen) atoms. The average molecular weight is 325 g/mol. The number of carbonyl (C=O) groups is 1. The quantitative estimate of drug-likeness (QED) is 0.736. The maximum Gasteiger partial charge on any atom is 0.410 e. The SMILES string of the molecule is [2H]C1([2H])c2c(Br)nn(C([2H])([2H])[2H])c2C([2H])([2H])C([2H])([2H])N1C(=O)OC(C)(C)C. The Morgan fingerprint density at radius 3 is 2.94 bits per heavy atom. The number of halogens is 1. The smallest absolute Gasteiger partial charge is 0.410 e. The molecule has 1 aromatic heterocycles. The van der Waals surface area contributed by atoms with Crippen LogP contribution in [0.15, 0.2) is 4.60 Å². The molecule has 0 unspecified atom stereocenters. The van der Waals surface area contributed by atoms with E-state index in [2.05, 4.69) is 21.0 Å². The number of aryl methyl sites for hydroxylation is 1. The first-order valence-corrected chi connectivity index (χ1v) is 5.89. The Hall–Kier alpha value is -1.04. The number of aromatic nitrogens is 2. The molecular weight excluding hydrogens is 298 g/mol. The van der Waals surface area contributed by atoms with Crippen LogP contribution in [0.3, 0.4) is 0 Å². The molecule has 0 saturated carbocycles. The minimum absolute atomic E-state index is 0.00385. The molecule has 0 fully saturated rings. The molecule has 2 heterocycles. The van der Waals surface area contributed by atoms with E-state index < -0.39 is 49.3 Å². The molecule has 1 aliphatic rings. The van der Waals surface area contributed by atoms with Gasteiger partial charge in [-0.1, -0.05) is 0 Å². The number of rotatable bonds is 0. The first-order valence-electron chi connectivity index (χ1n) is 9.59. The van der Waals surface area contributed by atoms with Crippen LogP contribution in [0, 0.1) is 0 Å². The third-order valence-corrected chi connectivity index (χ3v) is 2.48. The second kappa shape index (κ2) is 4.57. The van der Waals surface area contributed by atoms with Gasteiger partial charge in [0.1, 0.15) is 10.2 Å². The van der Waals surface area contributed by atoms with Crippen LogP contribution in [-0.2, 0) is 24.6 Å². The number of fused-ring (bicyclic) bond motifs is 1. The third-order valence-electron chi connectivity index (χ3n) is 1.93. The van der Waals surface area contributed by atoms with Crippen molar-refractivity contribution in [2.24, 2.45) is 6.98 Å². The average Bonchev–Trinajstić information content (AvgIpc) is 2.73. The lowest BCUT2D eigenvalue weighted by Gasteiger charge is -2.30. The summed E-state index contributed by atoms with van der Waals surface area (Å²) in [5, 5.41) is 3.63. The van der Waals surface area contributed by atoms with Gasteiger partial charge in [-0.2, -0.15) is 5.10 Å². The second-order valence-electron chi connectivity index (χ2n) is 4.59. The lowest BCUT2D eigenvalue weighted by atomic mass is 10.1. The summed E-state index contributed by atoms with van der Waals surface area (Å²) >= 11 is 2.91. The lowest BCUT2D eigenvalue weighted by Crippen LogP contribution is -2.40. The molecule has 1 aliphatic heterocycles. The molecule has 2 rings (SSSR count). The Balaban J connectivity index is 2.83. The van der Waals surface area contributed by atoms with E-state index in [9.17, 15) is 4.79 Å². The van der Waals surface area contributed by atoms with Crippen molar-refractivity contribution in [2.45, 2.75) is 39.2 Å². The van der Waals surface area contributed by atoms with E-state index in [0.717, 1.165) is 0 Å². The van der Waals surface area contributed by atoms with E-state index in [1.807, 2.05) is 0 Å². The Morgan fingerprint density at radius 1 is 1.61 bits per heavy atom. The van der Waals surface area contributed by atoms with Crippen molar-refractivity contribution in [3.05, 3.63) is 15.9 Å². The molecule has 0 bridgehead atoms. The number of hydrogen-bond donors (Lipinski definition) is 0. The molecule has 0 N–H and O–H groups in total. The first kappa shape index (κ1) is 5.94. The van der Waals surface area contributed by atoms with Crippen molar-refractivity contribution < 1.29 is 21.9 Å². The van der Waals surface area contributed by atoms with Crippen molar-refractivity contribution in [2.75, 3.05) is 6.50 Å². The zero-order valence-electron chi connectivity index (χ0n) is 19.0. The zero-order valence-corrected chi connectivity index (χ0v) is 11.6. The molecule has 0 aromatic carbocycles. The van der Waals surface area contributed by atoms with Gasteiger partial charge in [0.15, 0.2) is 0 Å². The Bertz CT molecular complexity index is 782. The predicted molar refractivity (Wildman–Crippen MR) is 71.3 cm³/mol. The van der Waals surface area contributed by atoms with Crippen LogP contribution in [0.1, 0.15) is 44.4 Å². The van der Waals surface area contributed by atoms with Crippen LogP contribution in [0.25, 0.3) is 0 Å². The minimum atomic E-state index is -3.28. The van der Waals surface area contributed by atoms with E-state index in [0.29, 0.717) is 0 Å². The molecule has 0 radical (unpaired) electrons. The summed E-state index contributed by atoms with van der Waals surface area (Å²) < 4.78 is 76.9. The summed E-state index contributed by atoms with van der Waals surface area (Å²) in [5.74, 6) is 0. The molecule has 6 heteroatoms. The highest BCUT2D eigenvalue weighted by atomic mass is 79.9. The Kier molecular flexibility index (Phi) is 1.51. The molecular formula is C12H18BrN3O2. The topological polar surface area (TPSA) is 47.4 Å². The molecule has 0 spiro atoms. The summed E-state index contributed by atoms with van der Waals surface area (Å²) in [6, 6.07) is 0. The molecule has 5 nitrogen and oxygen atoms in total. The van der Waals surface area contributed by atoms with Crippen molar-refractivity contribution in [3.63, 3.8) is 0 Å². The maximum absolute atomic E-state index is 12.6. The summed E-state index contributed by atoms with van der Waals surface area (Å²) in [7, 11) is 0. The standard InChI is InChI=1S/C12H18BrN3O2/c1-12(2,3)18-11(17)16-6-5-9-8(7-16)10(13)14-15(9)4/h5-7H2,1-4H3/i4D3,5D2,6D2,7D2. The van der Waals surface area contributed by atoms with Gasteiger partial charge in [-0.05, 0) is 36.7 Å². The van der Waals surface area contributed by atoms with E-state index in [1.165, 1.54) is 20.8 Å². The molecule has 1 amide bonds. The predicted octanol–water partition coefficient (Wildman–Crippen LogP) is 2.48. The fourth-order valence-electron chi connectivity index (χ4n) is 1.25. The highest BCUT2D eigenvalue weighted by molar-refractivity contribution is 9.10.